The number of pyridine rings is 1. The maximum Gasteiger partial charge on any atom is 0.490 e. The van der Waals surface area contributed by atoms with E-state index in [-0.39, 0.29) is 23.6 Å². The van der Waals surface area contributed by atoms with Crippen molar-refractivity contribution in [2.45, 2.75) is 32.7 Å². The predicted molar refractivity (Wildman–Crippen MR) is 146 cm³/mol. The number of aliphatic carboxylic acids is 1. The van der Waals surface area contributed by atoms with Crippen molar-refractivity contribution in [3.05, 3.63) is 58.9 Å². The van der Waals surface area contributed by atoms with Gasteiger partial charge < -0.3 is 25.5 Å². The fourth-order valence-electron chi connectivity index (χ4n) is 3.35. The highest BCUT2D eigenvalue weighted by Crippen LogP contribution is 2.38. The number of aromatic nitrogens is 3. The monoisotopic (exact) mass is 674 g/mol. The van der Waals surface area contributed by atoms with E-state index in [1.807, 2.05) is 0 Å². The summed E-state index contributed by atoms with van der Waals surface area (Å²) in [5.41, 5.74) is 0.246. The number of halogens is 6. The summed E-state index contributed by atoms with van der Waals surface area (Å²) in [6, 6.07) is 5.62. The second kappa shape index (κ2) is 13.3. The van der Waals surface area contributed by atoms with E-state index >= 15 is 0 Å². The third-order valence-electron chi connectivity index (χ3n) is 5.77. The van der Waals surface area contributed by atoms with Crippen molar-refractivity contribution in [3.63, 3.8) is 0 Å². The molecule has 0 spiro atoms. The number of rotatable bonds is 8. The van der Waals surface area contributed by atoms with Gasteiger partial charge in [-0.2, -0.15) is 31.3 Å². The summed E-state index contributed by atoms with van der Waals surface area (Å²) in [6.45, 7) is 2.86. The minimum absolute atomic E-state index is 0.0368. The van der Waals surface area contributed by atoms with Crippen molar-refractivity contribution < 1.29 is 59.0 Å². The van der Waals surface area contributed by atoms with Crippen LogP contribution in [0.1, 0.15) is 22.3 Å². The topological polar surface area (TPSA) is 195 Å². The lowest BCUT2D eigenvalue weighted by Gasteiger charge is -2.20. The van der Waals surface area contributed by atoms with Crippen LogP contribution >= 0.6 is 7.60 Å². The number of carboxylic acids is 1. The molecule has 0 saturated carbocycles. The van der Waals surface area contributed by atoms with E-state index in [9.17, 15) is 49.1 Å². The quantitative estimate of drug-likeness (QED) is 0.172. The number of alkyl halides is 6. The molecule has 0 aliphatic heterocycles. The first-order chi connectivity index (χ1) is 19.9. The van der Waals surface area contributed by atoms with E-state index in [0.29, 0.717) is 28.6 Å². The molecule has 2 heterocycles. The number of sulfonamides is 1. The molecule has 0 bridgehead atoms. The molecular formula is C23H25F6N6O7PS. The van der Waals surface area contributed by atoms with Gasteiger partial charge in [-0.05, 0) is 43.2 Å². The lowest BCUT2D eigenvalue weighted by molar-refractivity contribution is -0.192. The van der Waals surface area contributed by atoms with Crippen molar-refractivity contribution in [1.29, 1.82) is 0 Å². The summed E-state index contributed by atoms with van der Waals surface area (Å²) in [6.07, 6.45) is -6.95. The van der Waals surface area contributed by atoms with Crippen LogP contribution in [0.15, 0.2) is 36.7 Å². The Morgan fingerprint density at radius 3 is 2.14 bits per heavy atom. The first-order valence-corrected chi connectivity index (χ1v) is 15.2. The predicted octanol–water partition coefficient (Wildman–Crippen LogP) is 3.70. The molecule has 5 N–H and O–H groups in total. The highest BCUT2D eigenvalue weighted by atomic mass is 32.2. The summed E-state index contributed by atoms with van der Waals surface area (Å²) in [7, 11) is -6.92. The number of hydrogen-bond donors (Lipinski definition) is 5. The van der Waals surface area contributed by atoms with Crippen LogP contribution in [0.5, 0.6) is 0 Å². The lowest BCUT2D eigenvalue weighted by atomic mass is 10.1. The molecule has 0 saturated heterocycles. The molecule has 0 radical (unpaired) electrons. The highest BCUT2D eigenvalue weighted by molar-refractivity contribution is 7.92. The third kappa shape index (κ3) is 9.50. The van der Waals surface area contributed by atoms with Gasteiger partial charge in [0.05, 0.1) is 11.6 Å². The van der Waals surface area contributed by atoms with Crippen molar-refractivity contribution in [1.82, 2.24) is 15.0 Å². The molecule has 242 valence electrons. The molecule has 21 heteroatoms. The molecule has 13 nitrogen and oxygen atoms in total. The maximum atomic E-state index is 13.7. The van der Waals surface area contributed by atoms with Crippen LogP contribution in [0.2, 0.25) is 0 Å². The summed E-state index contributed by atoms with van der Waals surface area (Å²) < 4.78 is 109. The van der Waals surface area contributed by atoms with Gasteiger partial charge in [-0.15, -0.1) is 0 Å². The second-order valence-electron chi connectivity index (χ2n) is 8.88. The molecule has 2 aromatic heterocycles. The van der Waals surface area contributed by atoms with Gasteiger partial charge in [0.2, 0.25) is 16.0 Å². The van der Waals surface area contributed by atoms with E-state index in [1.54, 1.807) is 6.92 Å². The van der Waals surface area contributed by atoms with E-state index in [1.165, 1.54) is 44.4 Å². The average Bonchev–Trinajstić information content (AvgIpc) is 2.88. The van der Waals surface area contributed by atoms with E-state index in [4.69, 9.17) is 9.90 Å². The first-order valence-electron chi connectivity index (χ1n) is 11.7. The van der Waals surface area contributed by atoms with E-state index in [0.717, 1.165) is 10.6 Å². The molecule has 0 unspecified atom stereocenters. The Labute approximate surface area is 246 Å². The highest BCUT2D eigenvalue weighted by Gasteiger charge is 2.38. The largest absolute Gasteiger partial charge is 0.490 e. The molecule has 3 aromatic rings. The van der Waals surface area contributed by atoms with Crippen LogP contribution in [0.3, 0.4) is 0 Å². The van der Waals surface area contributed by atoms with Crippen LogP contribution in [0, 0.1) is 13.8 Å². The number of benzene rings is 1. The zero-order valence-corrected chi connectivity index (χ0v) is 24.8. The molecule has 3 rings (SSSR count). The fraction of sp³-hybridized carbons (Fsp3) is 0.304. The van der Waals surface area contributed by atoms with Gasteiger partial charge in [-0.1, -0.05) is 6.07 Å². The zero-order valence-electron chi connectivity index (χ0n) is 23.1. The van der Waals surface area contributed by atoms with Gasteiger partial charge in [0, 0.05) is 37.2 Å². The Balaban J connectivity index is 0.000000860. The summed E-state index contributed by atoms with van der Waals surface area (Å²) in [5, 5.41) is 12.3. The van der Waals surface area contributed by atoms with Gasteiger partial charge in [-0.25, -0.2) is 23.2 Å². The molecule has 0 aliphatic rings. The Morgan fingerprint density at radius 2 is 1.64 bits per heavy atom. The maximum absolute atomic E-state index is 13.7. The van der Waals surface area contributed by atoms with Crippen molar-refractivity contribution in [2.75, 3.05) is 28.2 Å². The number of carbonyl (C=O) groups is 1. The van der Waals surface area contributed by atoms with Crippen molar-refractivity contribution in [3.8, 4) is 0 Å². The number of carboxylic acid groups (broad SMARTS) is 1. The number of nitrogens with zero attached hydrogens (tertiary/aromatic N) is 4. The molecule has 44 heavy (non-hydrogen) atoms. The second-order valence-corrected chi connectivity index (χ2v) is 12.5. The van der Waals surface area contributed by atoms with Crippen LogP contribution in [0.4, 0.5) is 49.6 Å². The molecule has 0 atom stereocenters. The Hall–Kier alpha value is -4.00. The summed E-state index contributed by atoms with van der Waals surface area (Å²) in [5.74, 6) is -3.49. The minimum atomic E-state index is -5.08. The third-order valence-corrected chi connectivity index (χ3v) is 8.05. The molecule has 0 aliphatic carbocycles. The fourth-order valence-corrected chi connectivity index (χ4v) is 4.70. The number of hydrogen-bond acceptors (Lipinski definition) is 9. The normalized spacial score (nSPS) is 12.2. The Kier molecular flexibility index (Phi) is 11.0. The molecule has 1 aromatic carbocycles. The number of nitrogens with one attached hydrogen (secondary N) is 2. The van der Waals surface area contributed by atoms with E-state index in [2.05, 4.69) is 25.6 Å². The Bertz CT molecular complexity index is 1680. The Morgan fingerprint density at radius 1 is 1.05 bits per heavy atom. The molecule has 0 amide bonds. The van der Waals surface area contributed by atoms with Crippen LogP contribution in [0.25, 0.3) is 0 Å². The zero-order chi connectivity index (χ0) is 33.8. The first kappa shape index (κ1) is 36.2. The van der Waals surface area contributed by atoms with Crippen LogP contribution in [-0.2, 0) is 32.1 Å². The van der Waals surface area contributed by atoms with Crippen molar-refractivity contribution >= 4 is 52.2 Å². The van der Waals surface area contributed by atoms with Gasteiger partial charge in [-0.3, -0.25) is 8.87 Å². The number of anilines is 4. The van der Waals surface area contributed by atoms with Gasteiger partial charge >= 0.3 is 25.9 Å². The van der Waals surface area contributed by atoms with Crippen LogP contribution < -0.4 is 20.2 Å². The minimum Gasteiger partial charge on any atom is -0.475 e. The molecule has 0 fully saturated rings. The summed E-state index contributed by atoms with van der Waals surface area (Å²) >= 11 is 0. The summed E-state index contributed by atoms with van der Waals surface area (Å²) in [4.78, 5) is 39.6. The van der Waals surface area contributed by atoms with Gasteiger partial charge in [0.1, 0.15) is 17.2 Å². The standard InChI is InChI=1S/C21H24F3N6O5PS.C2HF3O2/c1-12-13(2)17(36(31,32)33)8-7-16(12)28-20-27-11-15(21(22,23)24)18(29-20)26-10-14-6-5-9-25-19(14)30(3)37(4,34)35;3-2(4,5)1(6)7/h5-9,11H,10H2,1-4H3,(H2,31,32,33)(H2,26,27,28,29);(H,6,7). The van der Waals surface area contributed by atoms with Gasteiger partial charge in [0.15, 0.2) is 0 Å². The SMILES string of the molecule is Cc1c(Nc2ncc(C(F)(F)F)c(NCc3cccnc3N(C)S(C)(=O)=O)n2)ccc(P(=O)(O)O)c1C.O=C(O)C(F)(F)F. The average molecular weight is 675 g/mol. The van der Waals surface area contributed by atoms with E-state index < -0.39 is 47.3 Å². The van der Waals surface area contributed by atoms with Gasteiger partial charge in [0.25, 0.3) is 0 Å². The van der Waals surface area contributed by atoms with Crippen LogP contribution in [-0.4, -0.2) is 63.7 Å². The smallest absolute Gasteiger partial charge is 0.475 e. The molecular weight excluding hydrogens is 649 g/mol. The van der Waals surface area contributed by atoms with Crippen molar-refractivity contribution in [2.24, 2.45) is 0 Å². The lowest BCUT2D eigenvalue weighted by Crippen LogP contribution is -2.27.